The topological polar surface area (TPSA) is 110 Å². The van der Waals surface area contributed by atoms with Crippen LogP contribution >= 0.6 is 11.3 Å². The number of aromatic nitrogens is 5. The van der Waals surface area contributed by atoms with E-state index in [0.717, 1.165) is 56.6 Å². The number of fused-ring (bicyclic) bond motifs is 2. The lowest BCUT2D eigenvalue weighted by molar-refractivity contribution is -0.121. The molecule has 1 saturated heterocycles. The number of thiazole rings is 1. The summed E-state index contributed by atoms with van der Waals surface area (Å²) in [5, 5.41) is 12.9. The molecule has 0 spiro atoms. The smallest absolute Gasteiger partial charge is 0.255 e. The lowest BCUT2D eigenvalue weighted by Crippen LogP contribution is -2.38. The number of benzene rings is 1. The van der Waals surface area contributed by atoms with Gasteiger partial charge in [-0.25, -0.2) is 19.0 Å². The van der Waals surface area contributed by atoms with Crippen molar-refractivity contribution in [3.63, 3.8) is 0 Å². The number of rotatable bonds is 6. The average Bonchev–Trinajstić information content (AvgIpc) is 3.77. The number of hydrogen-bond acceptors (Lipinski definition) is 7. The third kappa shape index (κ3) is 4.23. The first kappa shape index (κ1) is 24.2. The van der Waals surface area contributed by atoms with Crippen molar-refractivity contribution in [3.05, 3.63) is 76.3 Å². The van der Waals surface area contributed by atoms with Gasteiger partial charge in [0.1, 0.15) is 5.82 Å². The van der Waals surface area contributed by atoms with E-state index in [1.54, 1.807) is 28.7 Å². The van der Waals surface area contributed by atoms with Gasteiger partial charge in [-0.05, 0) is 62.4 Å². The number of anilines is 1. The fourth-order valence-electron chi connectivity index (χ4n) is 5.96. The second kappa shape index (κ2) is 9.69. The highest BCUT2D eigenvalue weighted by Crippen LogP contribution is 2.37. The van der Waals surface area contributed by atoms with Gasteiger partial charge in [0.05, 0.1) is 30.5 Å². The van der Waals surface area contributed by atoms with E-state index < -0.39 is 23.7 Å². The summed E-state index contributed by atoms with van der Waals surface area (Å²) in [6, 6.07) is 2.07. The normalized spacial score (nSPS) is 17.9. The van der Waals surface area contributed by atoms with Gasteiger partial charge in [0, 0.05) is 41.1 Å². The number of carbonyl (C=O) groups excluding carboxylic acids is 2. The molecule has 0 aliphatic carbocycles. The van der Waals surface area contributed by atoms with Gasteiger partial charge in [-0.2, -0.15) is 5.10 Å². The highest BCUT2D eigenvalue weighted by atomic mass is 32.1. The standard InChI is InChI=1S/C27H27FN8O2S/c28-21-11-18(36-13-17(12-32-36)16-3-5-29-6-4-16)10-19-20(21)14-35(26(19)38)24(25(37)33-27-30-7-9-39-27)23-22-2-1-8-34(22)15-31-23/h7,9-13,15-16,24,29H,1-6,8,14H2,(H,30,33,37). The summed E-state index contributed by atoms with van der Waals surface area (Å²) in [5.41, 5.74) is 3.57. The zero-order chi connectivity index (χ0) is 26.5. The second-order valence-electron chi connectivity index (χ2n) is 10.2. The first-order valence-corrected chi connectivity index (χ1v) is 14.1. The molecular formula is C27H27FN8O2S. The van der Waals surface area contributed by atoms with E-state index in [1.807, 2.05) is 17.0 Å². The Morgan fingerprint density at radius 1 is 1.23 bits per heavy atom. The van der Waals surface area contributed by atoms with Crippen LogP contribution in [0.5, 0.6) is 0 Å². The average molecular weight is 547 g/mol. The maximum atomic E-state index is 15.5. The Morgan fingerprint density at radius 2 is 2.10 bits per heavy atom. The molecule has 0 saturated carbocycles. The van der Waals surface area contributed by atoms with E-state index in [9.17, 15) is 9.59 Å². The Bertz CT molecular complexity index is 1560. The first-order valence-electron chi connectivity index (χ1n) is 13.2. The molecule has 3 aromatic heterocycles. The maximum absolute atomic E-state index is 15.5. The van der Waals surface area contributed by atoms with E-state index >= 15 is 4.39 Å². The van der Waals surface area contributed by atoms with Crippen molar-refractivity contribution in [2.45, 2.75) is 50.7 Å². The quantitative estimate of drug-likeness (QED) is 0.384. The summed E-state index contributed by atoms with van der Waals surface area (Å²) >= 11 is 1.29. The molecule has 1 fully saturated rings. The Balaban J connectivity index is 1.22. The minimum atomic E-state index is -1.01. The first-order chi connectivity index (χ1) is 19.1. The highest BCUT2D eigenvalue weighted by molar-refractivity contribution is 7.13. The third-order valence-electron chi connectivity index (χ3n) is 7.95. The van der Waals surface area contributed by atoms with Gasteiger partial charge in [0.2, 0.25) is 0 Å². The summed E-state index contributed by atoms with van der Waals surface area (Å²) in [7, 11) is 0. The van der Waals surface area contributed by atoms with E-state index in [4.69, 9.17) is 0 Å². The van der Waals surface area contributed by atoms with Crippen molar-refractivity contribution in [1.29, 1.82) is 0 Å². The molecule has 39 heavy (non-hydrogen) atoms. The second-order valence-corrected chi connectivity index (χ2v) is 11.1. The zero-order valence-corrected chi connectivity index (χ0v) is 22.0. The van der Waals surface area contributed by atoms with E-state index in [1.165, 1.54) is 22.3 Å². The molecule has 1 atom stereocenters. The van der Waals surface area contributed by atoms with Crippen molar-refractivity contribution in [2.75, 3.05) is 18.4 Å². The summed E-state index contributed by atoms with van der Waals surface area (Å²) in [5.74, 6) is -0.911. The molecular weight excluding hydrogens is 519 g/mol. The van der Waals surface area contributed by atoms with Gasteiger partial charge in [-0.3, -0.25) is 14.9 Å². The number of piperidine rings is 1. The summed E-state index contributed by atoms with van der Waals surface area (Å²) in [4.78, 5) is 37.6. The number of aryl methyl sites for hydroxylation is 1. The van der Waals surface area contributed by atoms with Crippen molar-refractivity contribution in [3.8, 4) is 5.69 Å². The molecule has 2 amide bonds. The third-order valence-corrected chi connectivity index (χ3v) is 8.64. The maximum Gasteiger partial charge on any atom is 0.255 e. The van der Waals surface area contributed by atoms with Crippen LogP contribution in [-0.4, -0.2) is 54.1 Å². The molecule has 12 heteroatoms. The molecule has 0 radical (unpaired) electrons. The van der Waals surface area contributed by atoms with Crippen LogP contribution in [-0.2, 0) is 24.3 Å². The fourth-order valence-corrected chi connectivity index (χ4v) is 6.49. The number of carbonyl (C=O) groups is 2. The molecule has 200 valence electrons. The number of halogens is 1. The predicted octanol–water partition coefficient (Wildman–Crippen LogP) is 3.41. The van der Waals surface area contributed by atoms with Gasteiger partial charge in [-0.1, -0.05) is 0 Å². The fraction of sp³-hybridized carbons (Fsp3) is 0.370. The Morgan fingerprint density at radius 3 is 2.92 bits per heavy atom. The lowest BCUT2D eigenvalue weighted by Gasteiger charge is -2.26. The molecule has 10 nitrogen and oxygen atoms in total. The summed E-state index contributed by atoms with van der Waals surface area (Å²) < 4.78 is 19.2. The molecule has 1 aromatic carbocycles. The van der Waals surface area contributed by atoms with Gasteiger partial charge in [-0.15, -0.1) is 11.3 Å². The van der Waals surface area contributed by atoms with Crippen LogP contribution < -0.4 is 10.6 Å². The van der Waals surface area contributed by atoms with Crippen LogP contribution in [0.25, 0.3) is 5.69 Å². The molecule has 3 aliphatic rings. The van der Waals surface area contributed by atoms with Gasteiger partial charge in [0.25, 0.3) is 11.8 Å². The van der Waals surface area contributed by atoms with E-state index in [0.29, 0.717) is 22.4 Å². The summed E-state index contributed by atoms with van der Waals surface area (Å²) in [6.45, 7) is 2.72. The monoisotopic (exact) mass is 546 g/mol. The zero-order valence-electron chi connectivity index (χ0n) is 21.1. The van der Waals surface area contributed by atoms with Crippen LogP contribution in [0, 0.1) is 5.82 Å². The molecule has 7 rings (SSSR count). The van der Waals surface area contributed by atoms with Crippen molar-refractivity contribution in [2.24, 2.45) is 0 Å². The van der Waals surface area contributed by atoms with Crippen molar-refractivity contribution < 1.29 is 14.0 Å². The number of imidazole rings is 1. The number of amides is 2. The minimum Gasteiger partial charge on any atom is -0.334 e. The van der Waals surface area contributed by atoms with E-state index in [-0.39, 0.29) is 17.7 Å². The molecule has 2 N–H and O–H groups in total. The minimum absolute atomic E-state index is 0.0258. The molecule has 6 heterocycles. The largest absolute Gasteiger partial charge is 0.334 e. The Labute approximate surface area is 227 Å². The van der Waals surface area contributed by atoms with E-state index in [2.05, 4.69) is 25.7 Å². The predicted molar refractivity (Wildman–Crippen MR) is 142 cm³/mol. The Hall–Kier alpha value is -3.90. The van der Waals surface area contributed by atoms with Crippen molar-refractivity contribution in [1.82, 2.24) is 34.5 Å². The van der Waals surface area contributed by atoms with Crippen LogP contribution in [0.4, 0.5) is 9.52 Å². The Kier molecular flexibility index (Phi) is 6.00. The molecule has 1 unspecified atom stereocenters. The molecule has 4 aromatic rings. The number of nitrogens with one attached hydrogen (secondary N) is 2. The lowest BCUT2D eigenvalue weighted by atomic mass is 9.93. The number of nitrogens with zero attached hydrogens (tertiary/aromatic N) is 6. The van der Waals surface area contributed by atoms with Crippen LogP contribution in [0.2, 0.25) is 0 Å². The van der Waals surface area contributed by atoms with Gasteiger partial charge >= 0.3 is 0 Å². The highest BCUT2D eigenvalue weighted by Gasteiger charge is 2.42. The van der Waals surface area contributed by atoms with Crippen LogP contribution in [0.1, 0.15) is 64.1 Å². The summed E-state index contributed by atoms with van der Waals surface area (Å²) in [6.07, 6.45) is 10.8. The molecule has 3 aliphatic heterocycles. The van der Waals surface area contributed by atoms with Crippen molar-refractivity contribution >= 4 is 28.3 Å². The van der Waals surface area contributed by atoms with Crippen LogP contribution in [0.3, 0.4) is 0 Å². The van der Waals surface area contributed by atoms with Crippen LogP contribution in [0.15, 0.2) is 42.4 Å². The SMILES string of the molecule is O=C(Nc1nccs1)C(c1ncn2c1CCC2)N1Cc2c(F)cc(-n3cc(C4CCNCC4)cn3)cc2C1=O. The molecule has 0 bridgehead atoms. The van der Waals surface area contributed by atoms with Gasteiger partial charge in [0.15, 0.2) is 11.2 Å². The van der Waals surface area contributed by atoms with Gasteiger partial charge < -0.3 is 14.8 Å². The number of hydrogen-bond donors (Lipinski definition) is 2.